The zero-order chi connectivity index (χ0) is 10.6. The van der Waals surface area contributed by atoms with E-state index in [-0.39, 0.29) is 0 Å². The van der Waals surface area contributed by atoms with Gasteiger partial charge in [-0.05, 0) is 16.7 Å². The lowest BCUT2D eigenvalue weighted by molar-refractivity contribution is 0.112. The third-order valence-electron chi connectivity index (χ3n) is 2.10. The quantitative estimate of drug-likeness (QED) is 0.562. The van der Waals surface area contributed by atoms with Crippen LogP contribution in [0.3, 0.4) is 0 Å². The van der Waals surface area contributed by atoms with Crippen molar-refractivity contribution >= 4 is 54.1 Å². The molecular formula is C10H9Br3O. The van der Waals surface area contributed by atoms with Crippen LogP contribution >= 0.6 is 47.8 Å². The summed E-state index contributed by atoms with van der Waals surface area (Å²) >= 11 is 10.3. The molecule has 0 saturated carbocycles. The molecule has 0 amide bonds. The van der Waals surface area contributed by atoms with Gasteiger partial charge in [0.05, 0.1) is 0 Å². The molecule has 0 heterocycles. The number of rotatable bonds is 4. The molecule has 1 rings (SSSR count). The molecule has 0 bridgehead atoms. The predicted octanol–water partition coefficient (Wildman–Crippen LogP) is 4.18. The van der Waals surface area contributed by atoms with E-state index in [1.54, 1.807) is 0 Å². The molecule has 0 aliphatic heterocycles. The van der Waals surface area contributed by atoms with E-state index in [1.165, 1.54) is 11.1 Å². The molecule has 0 radical (unpaired) electrons. The number of hydrogen-bond donors (Lipinski definition) is 0. The van der Waals surface area contributed by atoms with Gasteiger partial charge in [0.2, 0.25) is 0 Å². The smallest absolute Gasteiger partial charge is 0.150 e. The van der Waals surface area contributed by atoms with Gasteiger partial charge >= 0.3 is 0 Å². The zero-order valence-corrected chi connectivity index (χ0v) is 12.2. The van der Waals surface area contributed by atoms with Gasteiger partial charge in [-0.2, -0.15) is 0 Å². The van der Waals surface area contributed by atoms with Gasteiger partial charge in [-0.3, -0.25) is 4.79 Å². The molecule has 0 atom stereocenters. The second-order valence-electron chi connectivity index (χ2n) is 2.79. The summed E-state index contributed by atoms with van der Waals surface area (Å²) in [7, 11) is 0. The van der Waals surface area contributed by atoms with Crippen LogP contribution in [-0.2, 0) is 16.0 Å². The number of halogens is 3. The van der Waals surface area contributed by atoms with Gasteiger partial charge in [-0.1, -0.05) is 59.9 Å². The Labute approximate surface area is 109 Å². The van der Waals surface area contributed by atoms with Gasteiger partial charge in [0.1, 0.15) is 6.29 Å². The normalized spacial score (nSPS) is 10.2. The van der Waals surface area contributed by atoms with Crippen molar-refractivity contribution in [2.24, 2.45) is 0 Å². The summed E-state index contributed by atoms with van der Waals surface area (Å²) in [4.78, 5) is 10.8. The van der Waals surface area contributed by atoms with E-state index in [4.69, 9.17) is 0 Å². The summed E-state index contributed by atoms with van der Waals surface area (Å²) in [5.74, 6) is 0. The summed E-state index contributed by atoms with van der Waals surface area (Å²) in [5.41, 5.74) is 4.26. The van der Waals surface area contributed by atoms with Crippen molar-refractivity contribution in [3.8, 4) is 0 Å². The monoisotopic (exact) mass is 382 g/mol. The fourth-order valence-corrected chi connectivity index (χ4v) is 3.21. The highest BCUT2D eigenvalue weighted by atomic mass is 79.9. The van der Waals surface area contributed by atoms with Crippen LogP contribution in [-0.4, -0.2) is 6.29 Å². The van der Waals surface area contributed by atoms with Crippen LogP contribution in [0.2, 0.25) is 0 Å². The molecule has 1 nitrogen and oxygen atoms in total. The number of benzene rings is 1. The van der Waals surface area contributed by atoms with Crippen molar-refractivity contribution in [1.29, 1.82) is 0 Å². The van der Waals surface area contributed by atoms with Gasteiger partial charge in [0, 0.05) is 21.6 Å². The fourth-order valence-electron chi connectivity index (χ4n) is 1.32. The van der Waals surface area contributed by atoms with Crippen molar-refractivity contribution in [1.82, 2.24) is 0 Å². The third kappa shape index (κ3) is 2.47. The lowest BCUT2D eigenvalue weighted by Gasteiger charge is -2.11. The van der Waals surface area contributed by atoms with Crippen LogP contribution in [0.25, 0.3) is 0 Å². The molecular weight excluding hydrogens is 376 g/mol. The third-order valence-corrected chi connectivity index (χ3v) is 3.83. The van der Waals surface area contributed by atoms with E-state index >= 15 is 0 Å². The van der Waals surface area contributed by atoms with E-state index < -0.39 is 0 Å². The minimum atomic E-state index is 0.711. The molecule has 0 spiro atoms. The Bertz CT molecular complexity index is 336. The summed E-state index contributed by atoms with van der Waals surface area (Å²) < 4.78 is 0. The second kappa shape index (κ2) is 6.03. The molecule has 0 fully saturated rings. The average Bonchev–Trinajstić information content (AvgIpc) is 2.26. The summed E-state index contributed by atoms with van der Waals surface area (Å²) in [6.45, 7) is 0. The highest BCUT2D eigenvalue weighted by molar-refractivity contribution is 9.09. The Kier molecular flexibility index (Phi) is 5.34. The molecule has 0 aromatic heterocycles. The highest BCUT2D eigenvalue weighted by Gasteiger charge is 2.10. The minimum absolute atomic E-state index is 0.711. The van der Waals surface area contributed by atoms with Crippen LogP contribution in [0.15, 0.2) is 12.1 Å². The SMILES string of the molecule is O=Cc1ccc(CBr)c(CBr)c1CBr. The standard InChI is InChI=1S/C10H9Br3O/c11-3-7-1-2-8(6-14)10(5-13)9(7)4-12/h1-2,6H,3-5H2. The van der Waals surface area contributed by atoms with Crippen LogP contribution < -0.4 is 0 Å². The summed E-state index contributed by atoms with van der Waals surface area (Å²) in [5, 5.41) is 2.30. The number of carbonyl (C=O) groups is 1. The summed E-state index contributed by atoms with van der Waals surface area (Å²) in [6, 6.07) is 3.85. The van der Waals surface area contributed by atoms with Crippen molar-refractivity contribution < 1.29 is 4.79 Å². The maximum atomic E-state index is 10.8. The maximum absolute atomic E-state index is 10.8. The molecule has 0 saturated heterocycles. The number of carbonyl (C=O) groups excluding carboxylic acids is 1. The maximum Gasteiger partial charge on any atom is 0.150 e. The van der Waals surface area contributed by atoms with Crippen molar-refractivity contribution in [2.75, 3.05) is 0 Å². The molecule has 1 aromatic rings. The van der Waals surface area contributed by atoms with Crippen molar-refractivity contribution in [3.05, 3.63) is 34.4 Å². The lowest BCUT2D eigenvalue weighted by Crippen LogP contribution is -1.99. The van der Waals surface area contributed by atoms with E-state index in [2.05, 4.69) is 47.8 Å². The molecule has 4 heteroatoms. The van der Waals surface area contributed by atoms with Crippen molar-refractivity contribution in [3.63, 3.8) is 0 Å². The number of alkyl halides is 3. The van der Waals surface area contributed by atoms with E-state index in [0.29, 0.717) is 5.33 Å². The van der Waals surface area contributed by atoms with E-state index in [0.717, 1.165) is 28.1 Å². The first-order valence-corrected chi connectivity index (χ1v) is 7.41. The molecule has 0 N–H and O–H groups in total. The van der Waals surface area contributed by atoms with Gasteiger partial charge in [-0.15, -0.1) is 0 Å². The van der Waals surface area contributed by atoms with Gasteiger partial charge in [0.25, 0.3) is 0 Å². The Balaban J connectivity index is 3.35. The first-order chi connectivity index (χ1) is 6.78. The van der Waals surface area contributed by atoms with Gasteiger partial charge < -0.3 is 0 Å². The lowest BCUT2D eigenvalue weighted by atomic mass is 10.00. The Morgan fingerprint density at radius 1 is 1.00 bits per heavy atom. The van der Waals surface area contributed by atoms with E-state index in [1.807, 2.05) is 12.1 Å². The Morgan fingerprint density at radius 3 is 2.07 bits per heavy atom. The molecule has 0 aliphatic rings. The van der Waals surface area contributed by atoms with Gasteiger partial charge in [-0.25, -0.2) is 0 Å². The van der Waals surface area contributed by atoms with Crippen LogP contribution in [0, 0.1) is 0 Å². The average molecular weight is 385 g/mol. The van der Waals surface area contributed by atoms with Crippen LogP contribution in [0.4, 0.5) is 0 Å². The van der Waals surface area contributed by atoms with Crippen LogP contribution in [0.5, 0.6) is 0 Å². The Morgan fingerprint density at radius 2 is 1.64 bits per heavy atom. The topological polar surface area (TPSA) is 17.1 Å². The minimum Gasteiger partial charge on any atom is -0.298 e. The molecule has 1 aromatic carbocycles. The van der Waals surface area contributed by atoms with Crippen LogP contribution in [0.1, 0.15) is 27.0 Å². The number of hydrogen-bond acceptors (Lipinski definition) is 1. The first-order valence-electron chi connectivity index (χ1n) is 4.05. The molecule has 14 heavy (non-hydrogen) atoms. The Hall–Kier alpha value is 0.330. The largest absolute Gasteiger partial charge is 0.298 e. The second-order valence-corrected chi connectivity index (χ2v) is 4.47. The first kappa shape index (κ1) is 12.4. The molecule has 76 valence electrons. The predicted molar refractivity (Wildman–Crippen MR) is 69.7 cm³/mol. The summed E-state index contributed by atoms with van der Waals surface area (Å²) in [6.07, 6.45) is 0.904. The fraction of sp³-hybridized carbons (Fsp3) is 0.300. The van der Waals surface area contributed by atoms with Crippen molar-refractivity contribution in [2.45, 2.75) is 16.0 Å². The van der Waals surface area contributed by atoms with E-state index in [9.17, 15) is 4.79 Å². The zero-order valence-electron chi connectivity index (χ0n) is 7.40. The molecule has 0 unspecified atom stereocenters. The molecule has 0 aliphatic carbocycles. The highest BCUT2D eigenvalue weighted by Crippen LogP contribution is 2.25. The van der Waals surface area contributed by atoms with Gasteiger partial charge in [0.15, 0.2) is 0 Å². The number of aldehydes is 1.